The van der Waals surface area contributed by atoms with Crippen molar-refractivity contribution in [3.8, 4) is 0 Å². The Morgan fingerprint density at radius 1 is 1.19 bits per heavy atom. The molecule has 1 aromatic rings. The van der Waals surface area contributed by atoms with Gasteiger partial charge in [0.15, 0.2) is 5.96 Å². The topological polar surface area (TPSA) is 39.7 Å². The van der Waals surface area contributed by atoms with Crippen LogP contribution in [0.5, 0.6) is 0 Å². The summed E-state index contributed by atoms with van der Waals surface area (Å²) in [7, 11) is 0. The number of guanidine groups is 1. The molecular formula is C22H36N4S. The molecule has 2 saturated carbocycles. The third-order valence-electron chi connectivity index (χ3n) is 6.67. The van der Waals surface area contributed by atoms with Crippen LogP contribution in [0.25, 0.3) is 0 Å². The van der Waals surface area contributed by atoms with Gasteiger partial charge in [-0.3, -0.25) is 4.99 Å². The van der Waals surface area contributed by atoms with Crippen LogP contribution in [-0.4, -0.2) is 49.1 Å². The highest BCUT2D eigenvalue weighted by atomic mass is 32.1. The van der Waals surface area contributed by atoms with Gasteiger partial charge in [-0.25, -0.2) is 0 Å². The Morgan fingerprint density at radius 2 is 1.96 bits per heavy atom. The third-order valence-corrected chi connectivity index (χ3v) is 7.79. The Morgan fingerprint density at radius 3 is 2.59 bits per heavy atom. The molecule has 5 heteroatoms. The molecule has 0 bridgehead atoms. The second-order valence-electron chi connectivity index (χ2n) is 8.70. The fraction of sp³-hybridized carbons (Fsp3) is 0.773. The van der Waals surface area contributed by atoms with E-state index in [4.69, 9.17) is 4.99 Å². The summed E-state index contributed by atoms with van der Waals surface area (Å²) in [5.41, 5.74) is 0.268. The quantitative estimate of drug-likeness (QED) is 0.568. The van der Waals surface area contributed by atoms with E-state index in [-0.39, 0.29) is 5.41 Å². The molecule has 150 valence electrons. The molecule has 4 rings (SSSR count). The monoisotopic (exact) mass is 388 g/mol. The van der Waals surface area contributed by atoms with E-state index in [9.17, 15) is 0 Å². The molecule has 0 atom stereocenters. The Bertz CT molecular complexity index is 594. The van der Waals surface area contributed by atoms with Crippen LogP contribution in [-0.2, 0) is 5.41 Å². The fourth-order valence-corrected chi connectivity index (χ4v) is 5.86. The zero-order chi connectivity index (χ0) is 18.5. The third kappa shape index (κ3) is 4.86. The van der Waals surface area contributed by atoms with Crippen LogP contribution in [0.1, 0.15) is 69.6 Å². The number of nitrogens with zero attached hydrogens (tertiary/aromatic N) is 2. The Hall–Kier alpha value is -1.07. The molecule has 4 nitrogen and oxygen atoms in total. The van der Waals surface area contributed by atoms with Gasteiger partial charge in [-0.05, 0) is 56.9 Å². The van der Waals surface area contributed by atoms with Gasteiger partial charge in [0.1, 0.15) is 0 Å². The van der Waals surface area contributed by atoms with Gasteiger partial charge < -0.3 is 15.5 Å². The van der Waals surface area contributed by atoms with Gasteiger partial charge in [0.2, 0.25) is 0 Å². The van der Waals surface area contributed by atoms with E-state index < -0.39 is 0 Å². The van der Waals surface area contributed by atoms with Gasteiger partial charge in [0.05, 0.1) is 6.54 Å². The minimum Gasteiger partial charge on any atom is -0.357 e. The standard InChI is InChI=1S/C22H36N4S/c1-2-23-21(25-18-10-14-26(15-11-18)19-8-9-19)24-17-22(12-4-3-5-13-22)20-7-6-16-27-20/h6-7,16,18-19H,2-5,8-15,17H2,1H3,(H2,23,24,25). The largest absolute Gasteiger partial charge is 0.357 e. The maximum atomic E-state index is 5.11. The Labute approximate surface area is 168 Å². The highest BCUT2D eigenvalue weighted by Gasteiger charge is 2.35. The number of rotatable bonds is 6. The minimum atomic E-state index is 0.268. The number of aliphatic imine (C=N–C) groups is 1. The second kappa shape index (κ2) is 8.95. The van der Waals surface area contributed by atoms with Gasteiger partial charge >= 0.3 is 0 Å². The molecule has 3 fully saturated rings. The SMILES string of the molecule is CCNC(=NCC1(c2cccs2)CCCCC1)NC1CCN(C2CC2)CC1. The van der Waals surface area contributed by atoms with E-state index >= 15 is 0 Å². The molecule has 2 aliphatic carbocycles. The summed E-state index contributed by atoms with van der Waals surface area (Å²) < 4.78 is 0. The number of thiophene rings is 1. The summed E-state index contributed by atoms with van der Waals surface area (Å²) in [5, 5.41) is 9.49. The lowest BCUT2D eigenvalue weighted by molar-refractivity contribution is 0.197. The lowest BCUT2D eigenvalue weighted by Gasteiger charge is -2.36. The molecular weight excluding hydrogens is 352 g/mol. The smallest absolute Gasteiger partial charge is 0.191 e. The van der Waals surface area contributed by atoms with Crippen molar-refractivity contribution in [3.05, 3.63) is 22.4 Å². The van der Waals surface area contributed by atoms with Crippen molar-refractivity contribution in [1.29, 1.82) is 0 Å². The zero-order valence-electron chi connectivity index (χ0n) is 16.9. The molecule has 0 unspecified atom stereocenters. The van der Waals surface area contributed by atoms with E-state index in [0.717, 1.165) is 25.1 Å². The van der Waals surface area contributed by atoms with Crippen LogP contribution in [0.4, 0.5) is 0 Å². The van der Waals surface area contributed by atoms with E-state index in [1.807, 2.05) is 11.3 Å². The van der Waals surface area contributed by atoms with E-state index in [1.165, 1.54) is 70.9 Å². The van der Waals surface area contributed by atoms with Crippen molar-refractivity contribution >= 4 is 17.3 Å². The van der Waals surface area contributed by atoms with Crippen molar-refractivity contribution in [3.63, 3.8) is 0 Å². The van der Waals surface area contributed by atoms with E-state index in [1.54, 1.807) is 4.88 Å². The number of piperidine rings is 1. The molecule has 2 N–H and O–H groups in total. The van der Waals surface area contributed by atoms with Gasteiger partial charge in [-0.1, -0.05) is 25.3 Å². The number of nitrogens with one attached hydrogen (secondary N) is 2. The molecule has 1 saturated heterocycles. The first-order chi connectivity index (χ1) is 13.3. The van der Waals surface area contributed by atoms with E-state index in [2.05, 4.69) is 40.0 Å². The maximum absolute atomic E-state index is 5.11. The first-order valence-electron chi connectivity index (χ1n) is 11.1. The molecule has 1 aliphatic heterocycles. The van der Waals surface area contributed by atoms with Crippen molar-refractivity contribution in [1.82, 2.24) is 15.5 Å². The first-order valence-corrected chi connectivity index (χ1v) is 12.0. The molecule has 0 spiro atoms. The van der Waals surface area contributed by atoms with E-state index in [0.29, 0.717) is 6.04 Å². The van der Waals surface area contributed by atoms with Crippen LogP contribution < -0.4 is 10.6 Å². The van der Waals surface area contributed by atoms with Crippen LogP contribution in [0.3, 0.4) is 0 Å². The maximum Gasteiger partial charge on any atom is 0.191 e. The predicted octanol–water partition coefficient (Wildman–Crippen LogP) is 4.13. The van der Waals surface area contributed by atoms with Gasteiger partial charge in [0, 0.05) is 42.0 Å². The van der Waals surface area contributed by atoms with Crippen LogP contribution in [0, 0.1) is 0 Å². The molecule has 2 heterocycles. The van der Waals surface area contributed by atoms with Crippen LogP contribution in [0.2, 0.25) is 0 Å². The molecule has 3 aliphatic rings. The molecule has 0 aromatic carbocycles. The molecule has 27 heavy (non-hydrogen) atoms. The first kappa shape index (κ1) is 19.3. The zero-order valence-corrected chi connectivity index (χ0v) is 17.7. The molecule has 0 amide bonds. The average molecular weight is 389 g/mol. The highest BCUT2D eigenvalue weighted by molar-refractivity contribution is 7.10. The molecule has 0 radical (unpaired) electrons. The summed E-state index contributed by atoms with van der Waals surface area (Å²) in [5.74, 6) is 1.03. The summed E-state index contributed by atoms with van der Waals surface area (Å²) in [4.78, 5) is 9.35. The van der Waals surface area contributed by atoms with Gasteiger partial charge in [-0.15, -0.1) is 11.3 Å². The number of hydrogen-bond acceptors (Lipinski definition) is 3. The minimum absolute atomic E-state index is 0.268. The fourth-order valence-electron chi connectivity index (χ4n) is 4.88. The lowest BCUT2D eigenvalue weighted by Crippen LogP contribution is -2.49. The highest BCUT2D eigenvalue weighted by Crippen LogP contribution is 2.41. The predicted molar refractivity (Wildman–Crippen MR) is 116 cm³/mol. The molecule has 1 aromatic heterocycles. The average Bonchev–Trinajstić information content (AvgIpc) is 3.40. The normalized spacial score (nSPS) is 24.7. The Kier molecular flexibility index (Phi) is 6.39. The summed E-state index contributed by atoms with van der Waals surface area (Å²) >= 11 is 1.92. The van der Waals surface area contributed by atoms with Crippen molar-refractivity contribution < 1.29 is 0 Å². The summed E-state index contributed by atoms with van der Waals surface area (Å²) in [6.45, 7) is 6.52. The van der Waals surface area contributed by atoms with Gasteiger partial charge in [0.25, 0.3) is 0 Å². The Balaban J connectivity index is 1.39. The number of hydrogen-bond donors (Lipinski definition) is 2. The second-order valence-corrected chi connectivity index (χ2v) is 9.65. The van der Waals surface area contributed by atoms with Gasteiger partial charge in [-0.2, -0.15) is 0 Å². The lowest BCUT2D eigenvalue weighted by atomic mass is 9.73. The van der Waals surface area contributed by atoms with Crippen LogP contribution in [0.15, 0.2) is 22.5 Å². The van der Waals surface area contributed by atoms with Crippen LogP contribution >= 0.6 is 11.3 Å². The number of likely N-dealkylation sites (tertiary alicyclic amines) is 1. The van der Waals surface area contributed by atoms with Crippen molar-refractivity contribution in [2.45, 2.75) is 82.2 Å². The van der Waals surface area contributed by atoms with Crippen molar-refractivity contribution in [2.75, 3.05) is 26.2 Å². The van der Waals surface area contributed by atoms with Crippen molar-refractivity contribution in [2.24, 2.45) is 4.99 Å². The summed E-state index contributed by atoms with van der Waals surface area (Å²) in [6, 6.07) is 6.02. The summed E-state index contributed by atoms with van der Waals surface area (Å²) in [6.07, 6.45) is 12.0.